The van der Waals surface area contributed by atoms with Crippen molar-refractivity contribution in [2.75, 3.05) is 7.11 Å². The number of sulfone groups is 1. The van der Waals surface area contributed by atoms with Gasteiger partial charge in [-0.05, 0) is 29.8 Å². The molecule has 2 aromatic carbocycles. The van der Waals surface area contributed by atoms with Gasteiger partial charge in [-0.1, -0.05) is 30.3 Å². The highest BCUT2D eigenvalue weighted by atomic mass is 32.2. The van der Waals surface area contributed by atoms with Gasteiger partial charge in [0.2, 0.25) is 9.84 Å². The Balaban J connectivity index is 2.37. The minimum absolute atomic E-state index is 0.109. The zero-order valence-electron chi connectivity index (χ0n) is 15.9. The Morgan fingerprint density at radius 3 is 1.91 bits per heavy atom. The van der Waals surface area contributed by atoms with Gasteiger partial charge in [-0.3, -0.25) is 0 Å². The van der Waals surface area contributed by atoms with Crippen LogP contribution in [0.25, 0.3) is 11.1 Å². The van der Waals surface area contributed by atoms with Gasteiger partial charge >= 0.3 is 18.3 Å². The second kappa shape index (κ2) is 8.24. The molecule has 0 aliphatic carbocycles. The molecule has 0 spiro atoms. The second-order valence-corrected chi connectivity index (χ2v) is 9.25. The Morgan fingerprint density at radius 1 is 0.875 bits per heavy atom. The number of rotatable bonds is 4. The summed E-state index contributed by atoms with van der Waals surface area (Å²) in [5, 5.41) is 0. The summed E-state index contributed by atoms with van der Waals surface area (Å²) in [6.07, 6.45) is -9.77. The monoisotopic (exact) mass is 494 g/mol. The van der Waals surface area contributed by atoms with Crippen LogP contribution < -0.4 is 0 Å². The number of methoxy groups -OCH3 is 1. The number of carbonyl (C=O) groups excluding carboxylic acids is 1. The van der Waals surface area contributed by atoms with Gasteiger partial charge in [0.25, 0.3) is 0 Å². The minimum Gasteiger partial charge on any atom is -0.465 e. The molecule has 0 unspecified atom stereocenters. The van der Waals surface area contributed by atoms with Crippen LogP contribution in [-0.2, 0) is 26.9 Å². The van der Waals surface area contributed by atoms with E-state index in [-0.39, 0.29) is 16.9 Å². The SMILES string of the molecule is COC(=O)c1sc(C(F)(F)F)c(-c2ccccc2)c1S(=O)(=O)c1ccc(C(F)(F)F)cc1. The number of hydrogen-bond acceptors (Lipinski definition) is 5. The van der Waals surface area contributed by atoms with E-state index >= 15 is 0 Å². The van der Waals surface area contributed by atoms with Crippen molar-refractivity contribution in [1.29, 1.82) is 0 Å². The predicted octanol–water partition coefficient (Wildman–Crippen LogP) is 6.07. The molecule has 0 atom stereocenters. The number of thiophene rings is 1. The molecule has 1 aromatic heterocycles. The quantitative estimate of drug-likeness (QED) is 0.326. The van der Waals surface area contributed by atoms with Crippen LogP contribution in [0.15, 0.2) is 64.4 Å². The second-order valence-electron chi connectivity index (χ2n) is 6.35. The average Bonchev–Trinajstić information content (AvgIpc) is 3.15. The Kier molecular flexibility index (Phi) is 6.13. The van der Waals surface area contributed by atoms with E-state index in [1.165, 1.54) is 30.3 Å². The molecule has 32 heavy (non-hydrogen) atoms. The zero-order chi connectivity index (χ0) is 23.9. The Bertz CT molecular complexity index is 1240. The van der Waals surface area contributed by atoms with Gasteiger partial charge in [-0.15, -0.1) is 11.3 Å². The van der Waals surface area contributed by atoms with Crippen LogP contribution in [0.3, 0.4) is 0 Å². The lowest BCUT2D eigenvalue weighted by Crippen LogP contribution is -2.11. The van der Waals surface area contributed by atoms with Crippen LogP contribution in [0.2, 0.25) is 0 Å². The number of alkyl halides is 6. The molecule has 3 rings (SSSR count). The van der Waals surface area contributed by atoms with Crippen molar-refractivity contribution in [3.63, 3.8) is 0 Å². The molecule has 0 aliphatic heterocycles. The van der Waals surface area contributed by atoms with E-state index in [0.717, 1.165) is 7.11 Å². The summed E-state index contributed by atoms with van der Waals surface area (Å²) in [7, 11) is -4.00. The van der Waals surface area contributed by atoms with E-state index in [9.17, 15) is 39.6 Å². The summed E-state index contributed by atoms with van der Waals surface area (Å²) < 4.78 is 111. The third-order valence-corrected chi connectivity index (χ3v) is 7.50. The first kappa shape index (κ1) is 23.8. The van der Waals surface area contributed by atoms with Crippen LogP contribution in [0.1, 0.15) is 20.1 Å². The Labute approximate surface area is 182 Å². The number of hydrogen-bond donors (Lipinski definition) is 0. The minimum atomic E-state index is -5.02. The highest BCUT2D eigenvalue weighted by molar-refractivity contribution is 7.92. The van der Waals surface area contributed by atoms with Gasteiger partial charge in [0.15, 0.2) is 0 Å². The standard InChI is InChI=1S/C20H12F6O4S2/c1-30-18(27)15-16(32(28,29)13-9-7-12(8-10-13)19(21,22)23)14(11-5-3-2-4-6-11)17(31-15)20(24,25)26/h2-10H,1H3. The number of halogens is 6. The largest absolute Gasteiger partial charge is 0.465 e. The van der Waals surface area contributed by atoms with Crippen LogP contribution in [0.5, 0.6) is 0 Å². The summed E-state index contributed by atoms with van der Waals surface area (Å²) in [5.74, 6) is -1.33. The fourth-order valence-corrected chi connectivity index (χ4v) is 5.98. The van der Waals surface area contributed by atoms with Crippen molar-refractivity contribution < 1.29 is 44.3 Å². The number of ether oxygens (including phenoxy) is 1. The number of carbonyl (C=O) groups is 1. The molecule has 0 saturated heterocycles. The van der Waals surface area contributed by atoms with Gasteiger partial charge < -0.3 is 4.74 Å². The first-order chi connectivity index (χ1) is 14.8. The molecule has 0 aliphatic rings. The number of benzene rings is 2. The number of esters is 1. The molecular weight excluding hydrogens is 482 g/mol. The van der Waals surface area contributed by atoms with E-state index in [2.05, 4.69) is 4.74 Å². The Hall–Kier alpha value is -2.86. The molecule has 1 heterocycles. The lowest BCUT2D eigenvalue weighted by molar-refractivity contribution is -0.137. The van der Waals surface area contributed by atoms with E-state index in [0.29, 0.717) is 24.3 Å². The molecule has 3 aromatic rings. The first-order valence-electron chi connectivity index (χ1n) is 8.58. The fourth-order valence-electron chi connectivity index (χ4n) is 2.91. The molecule has 0 saturated carbocycles. The van der Waals surface area contributed by atoms with Crippen molar-refractivity contribution in [1.82, 2.24) is 0 Å². The van der Waals surface area contributed by atoms with Crippen LogP contribution >= 0.6 is 11.3 Å². The molecule has 0 N–H and O–H groups in total. The molecule has 4 nitrogen and oxygen atoms in total. The zero-order valence-corrected chi connectivity index (χ0v) is 17.5. The van der Waals surface area contributed by atoms with Crippen molar-refractivity contribution in [2.45, 2.75) is 22.1 Å². The topological polar surface area (TPSA) is 60.4 Å². The highest BCUT2D eigenvalue weighted by Crippen LogP contribution is 2.49. The summed E-state index contributed by atoms with van der Waals surface area (Å²) >= 11 is -0.109. The van der Waals surface area contributed by atoms with E-state index in [4.69, 9.17) is 0 Å². The molecule has 0 radical (unpaired) electrons. The van der Waals surface area contributed by atoms with E-state index in [1.807, 2.05) is 0 Å². The summed E-state index contributed by atoms with van der Waals surface area (Å²) in [6, 6.07) is 8.92. The molecule has 170 valence electrons. The summed E-state index contributed by atoms with van der Waals surface area (Å²) in [6.45, 7) is 0. The predicted molar refractivity (Wildman–Crippen MR) is 103 cm³/mol. The maximum absolute atomic E-state index is 13.8. The van der Waals surface area contributed by atoms with Gasteiger partial charge in [0, 0.05) is 5.56 Å². The van der Waals surface area contributed by atoms with E-state index in [1.54, 1.807) is 0 Å². The van der Waals surface area contributed by atoms with Crippen LogP contribution in [0.4, 0.5) is 26.3 Å². The van der Waals surface area contributed by atoms with Gasteiger partial charge in [-0.25, -0.2) is 13.2 Å². The van der Waals surface area contributed by atoms with Crippen LogP contribution in [-0.4, -0.2) is 21.5 Å². The van der Waals surface area contributed by atoms with Gasteiger partial charge in [0.1, 0.15) is 14.6 Å². The van der Waals surface area contributed by atoms with Crippen molar-refractivity contribution >= 4 is 27.1 Å². The molecule has 0 amide bonds. The van der Waals surface area contributed by atoms with Crippen LogP contribution in [0, 0.1) is 0 Å². The molecule has 12 heteroatoms. The van der Waals surface area contributed by atoms with E-state index < -0.39 is 58.8 Å². The third-order valence-electron chi connectivity index (χ3n) is 4.32. The molecular formula is C20H12F6O4S2. The molecule has 0 fully saturated rings. The normalized spacial score (nSPS) is 12.6. The average molecular weight is 494 g/mol. The maximum Gasteiger partial charge on any atom is 0.426 e. The third kappa shape index (κ3) is 4.37. The lowest BCUT2D eigenvalue weighted by Gasteiger charge is -2.12. The van der Waals surface area contributed by atoms with Gasteiger partial charge in [-0.2, -0.15) is 26.3 Å². The maximum atomic E-state index is 13.8. The smallest absolute Gasteiger partial charge is 0.426 e. The molecule has 0 bridgehead atoms. The summed E-state index contributed by atoms with van der Waals surface area (Å²) in [5.41, 5.74) is -2.06. The van der Waals surface area contributed by atoms with Crippen molar-refractivity contribution in [3.8, 4) is 11.1 Å². The van der Waals surface area contributed by atoms with Gasteiger partial charge in [0.05, 0.1) is 17.6 Å². The first-order valence-corrected chi connectivity index (χ1v) is 10.9. The lowest BCUT2D eigenvalue weighted by atomic mass is 10.1. The highest BCUT2D eigenvalue weighted by Gasteiger charge is 2.43. The Morgan fingerprint density at radius 2 is 1.44 bits per heavy atom. The van der Waals surface area contributed by atoms with Crippen molar-refractivity contribution in [2.24, 2.45) is 0 Å². The fraction of sp³-hybridized carbons (Fsp3) is 0.150. The van der Waals surface area contributed by atoms with Crippen molar-refractivity contribution in [3.05, 3.63) is 69.9 Å². The summed E-state index contributed by atoms with van der Waals surface area (Å²) in [4.78, 5) is 8.35.